The van der Waals surface area contributed by atoms with Crippen molar-refractivity contribution in [2.24, 2.45) is 0 Å². The SMILES string of the molecule is CC1(n2c(CCCl)nc3cc(Cl)cnc32)CCC1. The van der Waals surface area contributed by atoms with E-state index in [0.29, 0.717) is 10.9 Å². The van der Waals surface area contributed by atoms with Crippen LogP contribution in [-0.4, -0.2) is 20.4 Å². The average Bonchev–Trinajstić information content (AvgIpc) is 2.64. The summed E-state index contributed by atoms with van der Waals surface area (Å²) in [5, 5.41) is 0.628. The highest BCUT2D eigenvalue weighted by Crippen LogP contribution is 2.41. The first-order valence-electron chi connectivity index (χ1n) is 6.23. The molecule has 0 spiro atoms. The number of nitrogens with zero attached hydrogens (tertiary/aromatic N) is 3. The zero-order valence-corrected chi connectivity index (χ0v) is 11.8. The minimum atomic E-state index is 0.150. The summed E-state index contributed by atoms with van der Waals surface area (Å²) in [5.74, 6) is 1.60. The van der Waals surface area contributed by atoms with E-state index in [0.717, 1.165) is 23.4 Å². The van der Waals surface area contributed by atoms with E-state index in [-0.39, 0.29) is 5.54 Å². The summed E-state index contributed by atoms with van der Waals surface area (Å²) in [6.07, 6.45) is 6.08. The Bertz CT molecular complexity index is 587. The molecule has 0 N–H and O–H groups in total. The van der Waals surface area contributed by atoms with Crippen LogP contribution in [0.2, 0.25) is 5.02 Å². The Hall–Kier alpha value is -0.800. The van der Waals surface area contributed by atoms with Crippen molar-refractivity contribution < 1.29 is 0 Å². The van der Waals surface area contributed by atoms with Crippen LogP contribution in [0.15, 0.2) is 12.3 Å². The number of imidazole rings is 1. The van der Waals surface area contributed by atoms with Gasteiger partial charge < -0.3 is 4.57 Å². The number of halogens is 2. The highest BCUT2D eigenvalue weighted by Gasteiger charge is 2.36. The van der Waals surface area contributed by atoms with Crippen LogP contribution in [-0.2, 0) is 12.0 Å². The molecule has 1 fully saturated rings. The molecule has 0 bridgehead atoms. The topological polar surface area (TPSA) is 30.7 Å². The molecule has 0 saturated heterocycles. The van der Waals surface area contributed by atoms with Gasteiger partial charge in [0.2, 0.25) is 0 Å². The molecule has 0 atom stereocenters. The van der Waals surface area contributed by atoms with Crippen LogP contribution in [0.4, 0.5) is 0 Å². The van der Waals surface area contributed by atoms with Gasteiger partial charge >= 0.3 is 0 Å². The Morgan fingerprint density at radius 1 is 1.44 bits per heavy atom. The monoisotopic (exact) mass is 283 g/mol. The van der Waals surface area contributed by atoms with Crippen molar-refractivity contribution in [1.29, 1.82) is 0 Å². The third kappa shape index (κ3) is 1.81. The highest BCUT2D eigenvalue weighted by atomic mass is 35.5. The third-order valence-corrected chi connectivity index (χ3v) is 4.22. The number of alkyl halides is 1. The average molecular weight is 284 g/mol. The summed E-state index contributed by atoms with van der Waals surface area (Å²) in [7, 11) is 0. The van der Waals surface area contributed by atoms with Gasteiger partial charge in [-0.3, -0.25) is 0 Å². The van der Waals surface area contributed by atoms with Gasteiger partial charge in [-0.05, 0) is 32.3 Å². The van der Waals surface area contributed by atoms with E-state index < -0.39 is 0 Å². The van der Waals surface area contributed by atoms with Crippen molar-refractivity contribution in [3.8, 4) is 0 Å². The molecule has 2 aromatic heterocycles. The second-order valence-electron chi connectivity index (χ2n) is 5.15. The van der Waals surface area contributed by atoms with E-state index in [1.165, 1.54) is 19.3 Å². The van der Waals surface area contributed by atoms with E-state index in [4.69, 9.17) is 23.2 Å². The van der Waals surface area contributed by atoms with Crippen molar-refractivity contribution in [3.05, 3.63) is 23.1 Å². The first kappa shape index (κ1) is 12.2. The highest BCUT2D eigenvalue weighted by molar-refractivity contribution is 6.31. The van der Waals surface area contributed by atoms with Crippen LogP contribution < -0.4 is 0 Å². The molecule has 3 nitrogen and oxygen atoms in total. The van der Waals surface area contributed by atoms with Gasteiger partial charge in [0.05, 0.1) is 5.02 Å². The number of pyridine rings is 1. The van der Waals surface area contributed by atoms with E-state index in [1.54, 1.807) is 6.20 Å². The number of aromatic nitrogens is 3. The fourth-order valence-corrected chi connectivity index (χ4v) is 3.04. The van der Waals surface area contributed by atoms with Gasteiger partial charge in [-0.25, -0.2) is 9.97 Å². The second-order valence-corrected chi connectivity index (χ2v) is 5.96. The fourth-order valence-electron chi connectivity index (χ4n) is 2.72. The van der Waals surface area contributed by atoms with Crippen molar-refractivity contribution in [3.63, 3.8) is 0 Å². The molecular weight excluding hydrogens is 269 g/mol. The van der Waals surface area contributed by atoms with Crippen LogP contribution in [0.25, 0.3) is 11.2 Å². The van der Waals surface area contributed by atoms with Gasteiger partial charge in [-0.1, -0.05) is 11.6 Å². The number of hydrogen-bond acceptors (Lipinski definition) is 2. The van der Waals surface area contributed by atoms with E-state index in [9.17, 15) is 0 Å². The summed E-state index contributed by atoms with van der Waals surface area (Å²) in [5.41, 5.74) is 1.95. The van der Waals surface area contributed by atoms with Gasteiger partial charge in [0, 0.05) is 24.0 Å². The van der Waals surface area contributed by atoms with Crippen molar-refractivity contribution in [2.45, 2.75) is 38.1 Å². The molecule has 2 aromatic rings. The number of hydrogen-bond donors (Lipinski definition) is 0. The van der Waals surface area contributed by atoms with E-state index in [1.807, 2.05) is 6.07 Å². The lowest BCUT2D eigenvalue weighted by atomic mass is 9.78. The van der Waals surface area contributed by atoms with Crippen LogP contribution >= 0.6 is 23.2 Å². The largest absolute Gasteiger partial charge is 0.307 e. The third-order valence-electron chi connectivity index (χ3n) is 3.82. The first-order valence-corrected chi connectivity index (χ1v) is 7.15. The molecule has 0 aliphatic heterocycles. The van der Waals surface area contributed by atoms with Crippen molar-refractivity contribution in [1.82, 2.24) is 14.5 Å². The van der Waals surface area contributed by atoms with Gasteiger partial charge in [0.25, 0.3) is 0 Å². The van der Waals surface area contributed by atoms with E-state index >= 15 is 0 Å². The quantitative estimate of drug-likeness (QED) is 0.803. The molecule has 2 heterocycles. The maximum absolute atomic E-state index is 5.98. The lowest BCUT2D eigenvalue weighted by molar-refractivity contribution is 0.169. The Morgan fingerprint density at radius 2 is 2.22 bits per heavy atom. The molecule has 1 aliphatic carbocycles. The molecule has 0 unspecified atom stereocenters. The Morgan fingerprint density at radius 3 is 2.83 bits per heavy atom. The number of aryl methyl sites for hydroxylation is 1. The molecule has 96 valence electrons. The summed E-state index contributed by atoms with van der Waals surface area (Å²) in [6, 6.07) is 1.88. The Balaban J connectivity index is 2.21. The lowest BCUT2D eigenvalue weighted by Gasteiger charge is -2.41. The van der Waals surface area contributed by atoms with Crippen LogP contribution in [0, 0.1) is 0 Å². The van der Waals surface area contributed by atoms with Crippen molar-refractivity contribution in [2.75, 3.05) is 5.88 Å². The smallest absolute Gasteiger partial charge is 0.160 e. The molecule has 0 radical (unpaired) electrons. The molecule has 5 heteroatoms. The summed E-state index contributed by atoms with van der Waals surface area (Å²) >= 11 is 11.9. The predicted molar refractivity (Wildman–Crippen MR) is 74.5 cm³/mol. The molecule has 0 aromatic carbocycles. The van der Waals surface area contributed by atoms with Crippen molar-refractivity contribution >= 4 is 34.4 Å². The molecule has 1 saturated carbocycles. The lowest BCUT2D eigenvalue weighted by Crippen LogP contribution is -2.38. The first-order chi connectivity index (χ1) is 8.64. The van der Waals surface area contributed by atoms with Gasteiger partial charge in [-0.15, -0.1) is 11.6 Å². The van der Waals surface area contributed by atoms with Gasteiger partial charge in [0.1, 0.15) is 11.3 Å². The van der Waals surface area contributed by atoms with Crippen LogP contribution in [0.5, 0.6) is 0 Å². The van der Waals surface area contributed by atoms with Crippen LogP contribution in [0.3, 0.4) is 0 Å². The molecule has 1 aliphatic rings. The maximum atomic E-state index is 5.98. The molecule has 18 heavy (non-hydrogen) atoms. The normalized spacial score (nSPS) is 17.9. The minimum absolute atomic E-state index is 0.150. The molecule has 0 amide bonds. The zero-order valence-electron chi connectivity index (χ0n) is 10.3. The zero-order chi connectivity index (χ0) is 12.8. The Labute approximate surface area is 116 Å². The van der Waals surface area contributed by atoms with Crippen LogP contribution in [0.1, 0.15) is 32.0 Å². The standard InChI is InChI=1S/C13H15Cl2N3/c1-13(4-2-5-13)18-11(3-6-14)17-10-7-9(15)8-16-12(10)18/h7-8H,2-6H2,1H3. The summed E-state index contributed by atoms with van der Waals surface area (Å²) in [6.45, 7) is 2.27. The molecular formula is C13H15Cl2N3. The van der Waals surface area contributed by atoms with Gasteiger partial charge in [0.15, 0.2) is 5.65 Å². The minimum Gasteiger partial charge on any atom is -0.307 e. The van der Waals surface area contributed by atoms with E-state index in [2.05, 4.69) is 21.5 Å². The predicted octanol–water partition coefficient (Wildman–Crippen LogP) is 3.77. The second kappa shape index (κ2) is 4.39. The van der Waals surface area contributed by atoms with Gasteiger partial charge in [-0.2, -0.15) is 0 Å². The summed E-state index contributed by atoms with van der Waals surface area (Å²) < 4.78 is 2.27. The summed E-state index contributed by atoms with van der Waals surface area (Å²) in [4.78, 5) is 9.10. The number of fused-ring (bicyclic) bond motifs is 1. The number of rotatable bonds is 3. The fraction of sp³-hybridized carbons (Fsp3) is 0.538. The maximum Gasteiger partial charge on any atom is 0.160 e. The molecule has 3 rings (SSSR count). The Kier molecular flexibility index (Phi) is 2.99.